The van der Waals surface area contributed by atoms with Crippen LogP contribution in [-0.2, 0) is 53.1 Å². The Hall–Kier alpha value is -7.14. The molecule has 8 amide bonds. The first kappa shape index (κ1) is 59.4. The third kappa shape index (κ3) is 19.4. The number of thiol groups is 1. The average molecular weight is 1060 g/mol. The van der Waals surface area contributed by atoms with Crippen molar-refractivity contribution in [1.82, 2.24) is 31.9 Å². The van der Waals surface area contributed by atoms with Gasteiger partial charge < -0.3 is 65.0 Å². The topological polar surface area (TPSA) is 353 Å². The van der Waals surface area contributed by atoms with Crippen LogP contribution in [0.3, 0.4) is 0 Å². The van der Waals surface area contributed by atoms with Crippen molar-refractivity contribution in [3.05, 3.63) is 130 Å². The van der Waals surface area contributed by atoms with Crippen molar-refractivity contribution in [2.45, 2.75) is 106 Å². The Kier molecular flexibility index (Phi) is 24.7. The number of phenols is 2. The van der Waals surface area contributed by atoms with E-state index in [1.54, 1.807) is 72.8 Å². The summed E-state index contributed by atoms with van der Waals surface area (Å²) >= 11 is 5.51. The van der Waals surface area contributed by atoms with Gasteiger partial charge in [-0.15, -0.1) is 0 Å². The molecule has 0 aliphatic rings. The lowest BCUT2D eigenvalue weighted by Gasteiger charge is -2.25. The van der Waals surface area contributed by atoms with E-state index in [4.69, 9.17) is 22.9 Å². The van der Waals surface area contributed by atoms with Gasteiger partial charge in [0.2, 0.25) is 35.4 Å². The maximum Gasteiger partial charge on any atom is 0.252 e. The van der Waals surface area contributed by atoms with Crippen LogP contribution in [0.1, 0.15) is 88.4 Å². The maximum atomic E-state index is 14.1. The molecule has 0 aliphatic heterocycles. The molecule has 0 spiro atoms. The molecular formula is C52H68N10O10S2. The zero-order valence-corrected chi connectivity index (χ0v) is 42.9. The molecule has 0 saturated heterocycles. The van der Waals surface area contributed by atoms with E-state index in [0.717, 1.165) is 0 Å². The second kappa shape index (κ2) is 30.8. The molecule has 0 aliphatic carbocycles. The van der Waals surface area contributed by atoms with E-state index in [1.165, 1.54) is 43.0 Å². The first-order valence-electron chi connectivity index (χ1n) is 24.2. The number of nitrogens with two attached hydrogens (primary N) is 4. The largest absolute Gasteiger partial charge is 0.508 e. The summed E-state index contributed by atoms with van der Waals surface area (Å²) in [5.74, 6) is -5.29. The van der Waals surface area contributed by atoms with E-state index in [1.807, 2.05) is 0 Å². The molecule has 20 nitrogen and oxygen atoms in total. The molecule has 4 aromatic carbocycles. The van der Waals surface area contributed by atoms with E-state index < -0.39 is 83.5 Å². The van der Waals surface area contributed by atoms with E-state index in [2.05, 4.69) is 44.5 Å². The molecule has 0 heterocycles. The predicted octanol–water partition coefficient (Wildman–Crippen LogP) is 1.33. The van der Waals surface area contributed by atoms with Crippen molar-refractivity contribution in [3.8, 4) is 11.5 Å². The zero-order chi connectivity index (χ0) is 54.2. The number of rotatable bonds is 31. The average Bonchev–Trinajstić information content (AvgIpc) is 3.38. The van der Waals surface area contributed by atoms with Gasteiger partial charge in [-0.05, 0) is 117 Å². The summed E-state index contributed by atoms with van der Waals surface area (Å²) in [4.78, 5) is 108. The van der Waals surface area contributed by atoms with Crippen molar-refractivity contribution in [2.24, 2.45) is 22.9 Å². The summed E-state index contributed by atoms with van der Waals surface area (Å²) in [5, 5.41) is 35.9. The van der Waals surface area contributed by atoms with Crippen LogP contribution in [0.4, 0.5) is 0 Å². The highest BCUT2D eigenvalue weighted by Gasteiger charge is 2.32. The lowest BCUT2D eigenvalue weighted by Crippen LogP contribution is -2.57. The van der Waals surface area contributed by atoms with Crippen LogP contribution in [0, 0.1) is 0 Å². The summed E-state index contributed by atoms with van der Waals surface area (Å²) in [6, 6.07) is 18.4. The molecule has 0 unspecified atom stereocenters. The Balaban J connectivity index is 1.50. The van der Waals surface area contributed by atoms with Gasteiger partial charge in [0.25, 0.3) is 11.8 Å². The number of carbonyl (C=O) groups excluding carboxylic acids is 8. The highest BCUT2D eigenvalue weighted by molar-refractivity contribution is 7.98. The molecule has 0 bridgehead atoms. The fraction of sp³-hybridized carbons (Fsp3) is 0.385. The Morgan fingerprint density at radius 3 is 1.35 bits per heavy atom. The van der Waals surface area contributed by atoms with Crippen molar-refractivity contribution in [1.29, 1.82) is 0 Å². The predicted molar refractivity (Wildman–Crippen MR) is 285 cm³/mol. The number of hydrogen-bond acceptors (Lipinski definition) is 14. The lowest BCUT2D eigenvalue weighted by atomic mass is 10.0. The quantitative estimate of drug-likeness (QED) is 0.0250. The number of phenolic OH excluding ortho intramolecular Hbond substituents is 2. The molecule has 4 rings (SSSR count). The van der Waals surface area contributed by atoms with Gasteiger partial charge in [-0.2, -0.15) is 24.4 Å². The fourth-order valence-corrected chi connectivity index (χ4v) is 8.93. The third-order valence-electron chi connectivity index (χ3n) is 11.8. The zero-order valence-electron chi connectivity index (χ0n) is 41.2. The van der Waals surface area contributed by atoms with Crippen LogP contribution in [0.25, 0.3) is 0 Å². The molecule has 0 radical (unpaired) electrons. The molecule has 4 aromatic rings. The first-order chi connectivity index (χ1) is 35.4. The number of amides is 8. The van der Waals surface area contributed by atoms with Crippen molar-refractivity contribution in [3.63, 3.8) is 0 Å². The molecular weight excluding hydrogens is 989 g/mol. The summed E-state index contributed by atoms with van der Waals surface area (Å²) in [6.45, 7) is 2.07. The number of unbranched alkanes of at least 4 members (excludes halogenated alkanes) is 2. The molecule has 398 valence electrons. The number of hydrogen-bond donors (Lipinski definition) is 13. The molecule has 6 atom stereocenters. The number of aromatic hydroxyl groups is 2. The highest BCUT2D eigenvalue weighted by Crippen LogP contribution is 2.20. The molecule has 22 heteroatoms. The van der Waals surface area contributed by atoms with Gasteiger partial charge in [-0.3, -0.25) is 38.4 Å². The number of primary amides is 2. The van der Waals surface area contributed by atoms with Gasteiger partial charge in [0, 0.05) is 41.2 Å². The van der Waals surface area contributed by atoms with Gasteiger partial charge in [0.1, 0.15) is 47.8 Å². The normalized spacial score (nSPS) is 13.4. The minimum atomic E-state index is -1.28. The van der Waals surface area contributed by atoms with Crippen LogP contribution in [0.15, 0.2) is 97.1 Å². The summed E-state index contributed by atoms with van der Waals surface area (Å²) in [7, 11) is 0. The second-order valence-corrected chi connectivity index (χ2v) is 18.9. The van der Waals surface area contributed by atoms with Crippen LogP contribution in [0.2, 0.25) is 0 Å². The monoisotopic (exact) mass is 1060 g/mol. The van der Waals surface area contributed by atoms with Gasteiger partial charge in [0.15, 0.2) is 0 Å². The molecule has 0 aromatic heterocycles. The van der Waals surface area contributed by atoms with Gasteiger partial charge in [-0.1, -0.05) is 60.7 Å². The SMILES string of the molecule is C[C@H](NC(=O)[C@H](Cc1ccc(O)cc1)NC(=O)[C@H](CCCCN)NC(=O)c1ccccc1CSC[C@H](NC(=O)[C@H](Cc1ccc(O)cc1)NC(=O)[C@H](CCCCN)NC(=O)c1ccccc1CS)C(N)=O)C(N)=O. The Morgan fingerprint density at radius 2 is 0.919 bits per heavy atom. The van der Waals surface area contributed by atoms with E-state index in [9.17, 15) is 48.6 Å². The first-order valence-corrected chi connectivity index (χ1v) is 25.9. The Morgan fingerprint density at radius 1 is 0.514 bits per heavy atom. The molecule has 16 N–H and O–H groups in total. The Labute approximate surface area is 440 Å². The van der Waals surface area contributed by atoms with Crippen molar-refractivity contribution >= 4 is 71.6 Å². The lowest BCUT2D eigenvalue weighted by molar-refractivity contribution is -0.131. The van der Waals surface area contributed by atoms with E-state index in [-0.39, 0.29) is 60.0 Å². The van der Waals surface area contributed by atoms with Crippen LogP contribution >= 0.6 is 24.4 Å². The van der Waals surface area contributed by atoms with Crippen molar-refractivity contribution in [2.75, 3.05) is 18.8 Å². The minimum Gasteiger partial charge on any atom is -0.508 e. The highest BCUT2D eigenvalue weighted by atomic mass is 32.2. The van der Waals surface area contributed by atoms with Crippen LogP contribution in [-0.4, -0.2) is 113 Å². The second-order valence-electron chi connectivity index (χ2n) is 17.6. The molecule has 0 fully saturated rings. The van der Waals surface area contributed by atoms with E-state index in [0.29, 0.717) is 66.6 Å². The number of thioether (sulfide) groups is 1. The van der Waals surface area contributed by atoms with E-state index >= 15 is 0 Å². The maximum absolute atomic E-state index is 14.1. The van der Waals surface area contributed by atoms with Gasteiger partial charge in [0.05, 0.1) is 0 Å². The number of carbonyl (C=O) groups is 8. The minimum absolute atomic E-state index is 0.00690. The van der Waals surface area contributed by atoms with Crippen molar-refractivity contribution < 1.29 is 48.6 Å². The van der Waals surface area contributed by atoms with Crippen LogP contribution in [0.5, 0.6) is 11.5 Å². The van der Waals surface area contributed by atoms with Gasteiger partial charge >= 0.3 is 0 Å². The number of nitrogens with one attached hydrogen (secondary N) is 6. The number of benzene rings is 4. The smallest absolute Gasteiger partial charge is 0.252 e. The summed E-state index contributed by atoms with van der Waals surface area (Å²) in [6.07, 6.45) is 2.27. The molecule has 74 heavy (non-hydrogen) atoms. The standard InChI is InChI=1S/C52H68N10O10S2/c1-31(45(55)65)57-51(71)42(26-32-16-20-36(63)21-17-32)60-49(69)41(15-7-9-25-54)59-48(68)39-13-5-3-11-35(39)29-74-30-44(46(56)66)62-52(72)43(27-33-18-22-37(64)23-19-33)61-50(70)40(14-6-8-24-53)58-47(67)38-12-4-2-10-34(38)28-73/h2-5,10-13,16-23,31,40-44,63-64,73H,6-9,14-15,24-30,53-54H2,1H3,(H2,55,65)(H2,56,66)(H,57,71)(H,58,67)(H,59,68)(H,60,69)(H,61,70)(H,62,72)/t31-,40-,41-,42-,43-,44-/m0/s1. The van der Waals surface area contributed by atoms with Crippen LogP contribution < -0.4 is 54.8 Å². The fourth-order valence-electron chi connectivity index (χ4n) is 7.58. The summed E-state index contributed by atoms with van der Waals surface area (Å²) < 4.78 is 0. The van der Waals surface area contributed by atoms with Gasteiger partial charge in [-0.25, -0.2) is 0 Å². The summed E-state index contributed by atoms with van der Waals surface area (Å²) in [5.41, 5.74) is 25.5. The molecule has 0 saturated carbocycles. The third-order valence-corrected chi connectivity index (χ3v) is 13.3. The Bertz CT molecular complexity index is 2540.